The average molecular weight is 361 g/mol. The fourth-order valence-electron chi connectivity index (χ4n) is 1.90. The molecular formula is C15H13BrClF2N. The minimum atomic E-state index is -0.445. The summed E-state index contributed by atoms with van der Waals surface area (Å²) < 4.78 is 27.7. The molecule has 5 heteroatoms. The quantitative estimate of drug-likeness (QED) is 0.787. The van der Waals surface area contributed by atoms with Crippen LogP contribution in [0.5, 0.6) is 0 Å². The molecule has 0 aliphatic carbocycles. The van der Waals surface area contributed by atoms with Crippen LogP contribution in [0.3, 0.4) is 0 Å². The maximum Gasteiger partial charge on any atom is 0.128 e. The van der Waals surface area contributed by atoms with E-state index >= 15 is 0 Å². The molecule has 2 rings (SSSR count). The van der Waals surface area contributed by atoms with Gasteiger partial charge in [-0.05, 0) is 48.9 Å². The molecule has 1 nitrogen and oxygen atoms in total. The zero-order chi connectivity index (χ0) is 14.7. The van der Waals surface area contributed by atoms with E-state index in [2.05, 4.69) is 21.2 Å². The van der Waals surface area contributed by atoms with Crippen molar-refractivity contribution in [2.24, 2.45) is 0 Å². The third-order valence-electron chi connectivity index (χ3n) is 3.03. The van der Waals surface area contributed by atoms with E-state index in [0.717, 1.165) is 22.2 Å². The number of halogens is 4. The van der Waals surface area contributed by atoms with Gasteiger partial charge in [0.2, 0.25) is 0 Å². The number of rotatable bonds is 4. The van der Waals surface area contributed by atoms with Crippen LogP contribution in [0.1, 0.15) is 24.1 Å². The van der Waals surface area contributed by atoms with Gasteiger partial charge >= 0.3 is 0 Å². The molecule has 0 aromatic heterocycles. The van der Waals surface area contributed by atoms with Crippen molar-refractivity contribution in [3.63, 3.8) is 0 Å². The van der Waals surface area contributed by atoms with Crippen LogP contribution >= 0.6 is 27.5 Å². The van der Waals surface area contributed by atoms with Crippen LogP contribution in [0.15, 0.2) is 40.9 Å². The Morgan fingerprint density at radius 3 is 2.70 bits per heavy atom. The zero-order valence-electron chi connectivity index (χ0n) is 10.8. The summed E-state index contributed by atoms with van der Waals surface area (Å²) in [5, 5.41) is 3.79. The summed E-state index contributed by atoms with van der Waals surface area (Å²) in [5.74, 6) is -0.865. The van der Waals surface area contributed by atoms with E-state index in [4.69, 9.17) is 11.6 Å². The topological polar surface area (TPSA) is 12.0 Å². The normalized spacial score (nSPS) is 12.4. The van der Waals surface area contributed by atoms with E-state index in [1.165, 1.54) is 6.07 Å². The Hall–Kier alpha value is -0.970. The summed E-state index contributed by atoms with van der Waals surface area (Å²) in [6.07, 6.45) is 0. The summed E-state index contributed by atoms with van der Waals surface area (Å²) in [4.78, 5) is 0. The molecule has 0 fully saturated rings. The van der Waals surface area contributed by atoms with Gasteiger partial charge < -0.3 is 5.32 Å². The molecule has 0 bridgehead atoms. The standard InChI is InChI=1S/C15H13BrClF2N/c1-9(13-7-12(18)3-5-15(13)19)20-8-10-6-11(17)2-4-14(10)16/h2-7,9,20H,8H2,1H3. The minimum Gasteiger partial charge on any atom is -0.306 e. The van der Waals surface area contributed by atoms with Crippen LogP contribution in [0.4, 0.5) is 8.78 Å². The van der Waals surface area contributed by atoms with Gasteiger partial charge in [-0.3, -0.25) is 0 Å². The molecule has 0 saturated heterocycles. The molecule has 0 radical (unpaired) electrons. The molecule has 0 spiro atoms. The lowest BCUT2D eigenvalue weighted by atomic mass is 10.1. The summed E-state index contributed by atoms with van der Waals surface area (Å²) in [6, 6.07) is 8.61. The maximum atomic E-state index is 13.7. The molecule has 0 heterocycles. The molecule has 0 aliphatic rings. The van der Waals surface area contributed by atoms with E-state index in [0.29, 0.717) is 17.1 Å². The Bertz CT molecular complexity index is 619. The molecule has 0 saturated carbocycles. The molecule has 106 valence electrons. The molecule has 0 aliphatic heterocycles. The van der Waals surface area contributed by atoms with Gasteiger partial charge in [0, 0.05) is 27.6 Å². The summed E-state index contributed by atoms with van der Waals surface area (Å²) in [6.45, 7) is 2.29. The Kier molecular flexibility index (Phi) is 5.13. The van der Waals surface area contributed by atoms with Gasteiger partial charge in [0.15, 0.2) is 0 Å². The van der Waals surface area contributed by atoms with Crippen molar-refractivity contribution in [3.05, 3.63) is 68.7 Å². The van der Waals surface area contributed by atoms with E-state index < -0.39 is 11.6 Å². The third kappa shape index (κ3) is 3.78. The monoisotopic (exact) mass is 359 g/mol. The third-order valence-corrected chi connectivity index (χ3v) is 4.04. The second-order valence-corrected chi connectivity index (χ2v) is 5.79. The van der Waals surface area contributed by atoms with Gasteiger partial charge in [-0.2, -0.15) is 0 Å². The van der Waals surface area contributed by atoms with Crippen molar-refractivity contribution in [2.45, 2.75) is 19.5 Å². The molecule has 2 aromatic rings. The van der Waals surface area contributed by atoms with Crippen molar-refractivity contribution >= 4 is 27.5 Å². The highest BCUT2D eigenvalue weighted by molar-refractivity contribution is 9.10. The van der Waals surface area contributed by atoms with E-state index in [-0.39, 0.29) is 6.04 Å². The second-order valence-electron chi connectivity index (χ2n) is 4.50. The first-order valence-electron chi connectivity index (χ1n) is 6.09. The van der Waals surface area contributed by atoms with Crippen molar-refractivity contribution in [1.29, 1.82) is 0 Å². The van der Waals surface area contributed by atoms with Gasteiger partial charge in [-0.1, -0.05) is 27.5 Å². The molecule has 1 atom stereocenters. The van der Waals surface area contributed by atoms with Crippen molar-refractivity contribution in [1.82, 2.24) is 5.32 Å². The maximum absolute atomic E-state index is 13.7. The molecule has 1 unspecified atom stereocenters. The Labute approximate surface area is 130 Å². The second kappa shape index (κ2) is 6.66. The van der Waals surface area contributed by atoms with E-state index in [9.17, 15) is 8.78 Å². The van der Waals surface area contributed by atoms with Gasteiger partial charge in [0.1, 0.15) is 11.6 Å². The molecule has 2 aromatic carbocycles. The molecular weight excluding hydrogens is 348 g/mol. The molecule has 0 amide bonds. The van der Waals surface area contributed by atoms with Gasteiger partial charge in [0.25, 0.3) is 0 Å². The fourth-order valence-corrected chi connectivity index (χ4v) is 2.48. The largest absolute Gasteiger partial charge is 0.306 e. The van der Waals surface area contributed by atoms with Crippen LogP contribution in [-0.2, 0) is 6.54 Å². The SMILES string of the molecule is CC(NCc1cc(Cl)ccc1Br)c1cc(F)ccc1F. The highest BCUT2D eigenvalue weighted by Crippen LogP contribution is 2.23. The first kappa shape index (κ1) is 15.4. The fraction of sp³-hybridized carbons (Fsp3) is 0.200. The zero-order valence-corrected chi connectivity index (χ0v) is 13.1. The van der Waals surface area contributed by atoms with Crippen LogP contribution in [0, 0.1) is 11.6 Å². The number of hydrogen-bond acceptors (Lipinski definition) is 1. The lowest BCUT2D eigenvalue weighted by Crippen LogP contribution is -2.19. The van der Waals surface area contributed by atoms with Crippen molar-refractivity contribution in [2.75, 3.05) is 0 Å². The van der Waals surface area contributed by atoms with Crippen LogP contribution < -0.4 is 5.32 Å². The minimum absolute atomic E-state index is 0.308. The van der Waals surface area contributed by atoms with Gasteiger partial charge in [0.05, 0.1) is 0 Å². The predicted molar refractivity (Wildman–Crippen MR) is 80.8 cm³/mol. The van der Waals surface area contributed by atoms with Gasteiger partial charge in [-0.25, -0.2) is 8.78 Å². The lowest BCUT2D eigenvalue weighted by molar-refractivity contribution is 0.518. The van der Waals surface area contributed by atoms with E-state index in [1.807, 2.05) is 12.1 Å². The Balaban J connectivity index is 2.10. The first-order valence-corrected chi connectivity index (χ1v) is 7.26. The molecule has 1 N–H and O–H groups in total. The summed E-state index contributed by atoms with van der Waals surface area (Å²) >= 11 is 9.37. The smallest absolute Gasteiger partial charge is 0.128 e. The first-order chi connectivity index (χ1) is 9.47. The van der Waals surface area contributed by atoms with Crippen LogP contribution in [0.25, 0.3) is 0 Å². The molecule has 20 heavy (non-hydrogen) atoms. The highest BCUT2D eigenvalue weighted by atomic mass is 79.9. The lowest BCUT2D eigenvalue weighted by Gasteiger charge is -2.16. The van der Waals surface area contributed by atoms with Crippen molar-refractivity contribution in [3.8, 4) is 0 Å². The van der Waals surface area contributed by atoms with Crippen LogP contribution in [0.2, 0.25) is 5.02 Å². The number of nitrogens with one attached hydrogen (secondary N) is 1. The Morgan fingerprint density at radius 2 is 1.95 bits per heavy atom. The van der Waals surface area contributed by atoms with Crippen molar-refractivity contribution < 1.29 is 8.78 Å². The van der Waals surface area contributed by atoms with Gasteiger partial charge in [-0.15, -0.1) is 0 Å². The number of hydrogen-bond donors (Lipinski definition) is 1. The Morgan fingerprint density at radius 1 is 1.20 bits per heavy atom. The van der Waals surface area contributed by atoms with Crippen LogP contribution in [-0.4, -0.2) is 0 Å². The van der Waals surface area contributed by atoms with E-state index in [1.54, 1.807) is 13.0 Å². The summed E-state index contributed by atoms with van der Waals surface area (Å²) in [7, 11) is 0. The average Bonchev–Trinajstić information content (AvgIpc) is 2.42. The number of benzene rings is 2. The highest BCUT2D eigenvalue weighted by Gasteiger charge is 2.12. The predicted octanol–water partition coefficient (Wildman–Crippen LogP) is 5.23. The summed E-state index contributed by atoms with van der Waals surface area (Å²) in [5.41, 5.74) is 1.27.